The molecule has 0 bridgehead atoms. The fourth-order valence-corrected chi connectivity index (χ4v) is 2.54. The van der Waals surface area contributed by atoms with Crippen LogP contribution in [-0.2, 0) is 0 Å². The summed E-state index contributed by atoms with van der Waals surface area (Å²) in [6, 6.07) is 0. The largest absolute Gasteiger partial charge is 0.673 e. The van der Waals surface area contributed by atoms with Crippen molar-refractivity contribution in [2.75, 3.05) is 20.3 Å². The Kier molecular flexibility index (Phi) is 13.0. The summed E-state index contributed by atoms with van der Waals surface area (Å²) in [6.45, 7) is 4.60. The standard InChI is InChI=1S/C16H32N2.BF4/c1-3-4-5-6-7-8-9-10-11-12-13-18-15-14-17(2)16-18;2-1(3,4)5/h14-15H,3-13,16H2,1-2H3;/q;-1. The van der Waals surface area contributed by atoms with Crippen molar-refractivity contribution in [3.8, 4) is 0 Å². The minimum absolute atomic E-state index is 1.08. The maximum absolute atomic E-state index is 9.75. The molecule has 0 saturated heterocycles. The van der Waals surface area contributed by atoms with E-state index in [-0.39, 0.29) is 0 Å². The quantitative estimate of drug-likeness (QED) is 0.263. The Morgan fingerprint density at radius 2 is 1.22 bits per heavy atom. The fourth-order valence-electron chi connectivity index (χ4n) is 2.54. The molecule has 0 radical (unpaired) electrons. The van der Waals surface area contributed by atoms with Gasteiger partial charge in [0.1, 0.15) is 0 Å². The molecule has 0 fully saturated rings. The van der Waals surface area contributed by atoms with Crippen molar-refractivity contribution < 1.29 is 17.3 Å². The molecule has 0 aromatic carbocycles. The first-order chi connectivity index (χ1) is 10.8. The van der Waals surface area contributed by atoms with Gasteiger partial charge < -0.3 is 27.1 Å². The maximum atomic E-state index is 9.75. The monoisotopic (exact) mass is 339 g/mol. The van der Waals surface area contributed by atoms with Gasteiger partial charge in [0.15, 0.2) is 0 Å². The molecule has 138 valence electrons. The van der Waals surface area contributed by atoms with Crippen molar-refractivity contribution in [1.29, 1.82) is 0 Å². The summed E-state index contributed by atoms with van der Waals surface area (Å²) in [5.74, 6) is 0. The third kappa shape index (κ3) is 19.1. The van der Waals surface area contributed by atoms with Gasteiger partial charge >= 0.3 is 7.25 Å². The number of hydrogen-bond donors (Lipinski definition) is 0. The molecule has 7 heteroatoms. The van der Waals surface area contributed by atoms with Crippen LogP contribution in [0.2, 0.25) is 0 Å². The van der Waals surface area contributed by atoms with E-state index in [1.807, 2.05) is 0 Å². The van der Waals surface area contributed by atoms with E-state index < -0.39 is 7.25 Å². The van der Waals surface area contributed by atoms with Gasteiger partial charge in [-0.1, -0.05) is 64.7 Å². The summed E-state index contributed by atoms with van der Waals surface area (Å²) in [4.78, 5) is 4.64. The molecule has 0 aliphatic carbocycles. The summed E-state index contributed by atoms with van der Waals surface area (Å²) < 4.78 is 39.0. The van der Waals surface area contributed by atoms with Crippen molar-refractivity contribution in [2.24, 2.45) is 0 Å². The first-order valence-electron chi connectivity index (χ1n) is 8.83. The van der Waals surface area contributed by atoms with Crippen molar-refractivity contribution in [1.82, 2.24) is 9.80 Å². The van der Waals surface area contributed by atoms with E-state index in [9.17, 15) is 17.3 Å². The maximum Gasteiger partial charge on any atom is 0.673 e. The van der Waals surface area contributed by atoms with Crippen molar-refractivity contribution >= 4 is 7.25 Å². The highest BCUT2D eigenvalue weighted by Crippen LogP contribution is 2.11. The Balaban J connectivity index is 0.000000841. The Bertz CT molecular complexity index is 292. The summed E-state index contributed by atoms with van der Waals surface area (Å²) in [7, 11) is -3.87. The molecule has 0 amide bonds. The molecule has 2 nitrogen and oxygen atoms in total. The van der Waals surface area contributed by atoms with Gasteiger partial charge in [-0.05, 0) is 6.42 Å². The molecule has 1 aliphatic heterocycles. The number of hydrogen-bond acceptors (Lipinski definition) is 2. The predicted molar refractivity (Wildman–Crippen MR) is 90.5 cm³/mol. The van der Waals surface area contributed by atoms with E-state index in [0.717, 1.165) is 6.67 Å². The lowest BCUT2D eigenvalue weighted by atomic mass is 10.1. The number of unbranched alkanes of at least 4 members (excludes halogenated alkanes) is 9. The van der Waals surface area contributed by atoms with Crippen LogP contribution < -0.4 is 0 Å². The topological polar surface area (TPSA) is 6.48 Å². The Labute approximate surface area is 139 Å². The highest BCUT2D eigenvalue weighted by Gasteiger charge is 2.20. The van der Waals surface area contributed by atoms with Crippen LogP contribution in [0.15, 0.2) is 12.4 Å². The second-order valence-electron chi connectivity index (χ2n) is 6.19. The number of halogens is 4. The summed E-state index contributed by atoms with van der Waals surface area (Å²) in [6.07, 6.45) is 18.6. The fraction of sp³-hybridized carbons (Fsp3) is 0.875. The van der Waals surface area contributed by atoms with Gasteiger partial charge in [-0.15, -0.1) is 0 Å². The number of nitrogens with zero attached hydrogens (tertiary/aromatic N) is 2. The second-order valence-corrected chi connectivity index (χ2v) is 6.19. The van der Waals surface area contributed by atoms with Gasteiger partial charge in [-0.25, -0.2) is 0 Å². The average Bonchev–Trinajstić information content (AvgIpc) is 2.85. The van der Waals surface area contributed by atoms with Crippen LogP contribution >= 0.6 is 0 Å². The lowest BCUT2D eigenvalue weighted by Crippen LogP contribution is -2.23. The minimum atomic E-state index is -6.00. The normalized spacial score (nSPS) is 14.2. The van der Waals surface area contributed by atoms with Crippen LogP contribution in [0.4, 0.5) is 17.3 Å². The summed E-state index contributed by atoms with van der Waals surface area (Å²) in [5.41, 5.74) is 0. The SMILES string of the molecule is CCCCCCCCCCCCN1C=CN(C)C1.F[B-](F)(F)F. The molecule has 0 spiro atoms. The third-order valence-corrected chi connectivity index (χ3v) is 3.74. The Morgan fingerprint density at radius 1 is 0.783 bits per heavy atom. The molecule has 23 heavy (non-hydrogen) atoms. The van der Waals surface area contributed by atoms with Crippen molar-refractivity contribution in [2.45, 2.75) is 71.1 Å². The smallest absolute Gasteiger partial charge is 0.418 e. The highest BCUT2D eigenvalue weighted by molar-refractivity contribution is 6.50. The van der Waals surface area contributed by atoms with E-state index in [4.69, 9.17) is 0 Å². The van der Waals surface area contributed by atoms with Gasteiger partial charge in [0.2, 0.25) is 0 Å². The van der Waals surface area contributed by atoms with E-state index in [0.29, 0.717) is 0 Å². The van der Waals surface area contributed by atoms with Crippen LogP contribution in [0.3, 0.4) is 0 Å². The molecule has 1 rings (SSSR count). The molecule has 0 aromatic heterocycles. The molecule has 0 saturated carbocycles. The van der Waals surface area contributed by atoms with E-state index >= 15 is 0 Å². The van der Waals surface area contributed by atoms with E-state index in [2.05, 4.69) is 36.2 Å². The number of rotatable bonds is 11. The van der Waals surface area contributed by atoms with Gasteiger partial charge in [-0.2, -0.15) is 0 Å². The molecule has 0 atom stereocenters. The van der Waals surface area contributed by atoms with Crippen molar-refractivity contribution in [3.05, 3.63) is 12.4 Å². The van der Waals surface area contributed by atoms with Crippen LogP contribution in [0, 0.1) is 0 Å². The highest BCUT2D eigenvalue weighted by atomic mass is 19.5. The Hall–Kier alpha value is -0.875. The van der Waals surface area contributed by atoms with Crippen molar-refractivity contribution in [3.63, 3.8) is 0 Å². The molecule has 0 aromatic rings. The first-order valence-corrected chi connectivity index (χ1v) is 8.83. The second kappa shape index (κ2) is 13.6. The van der Waals surface area contributed by atoms with Gasteiger partial charge in [-0.3, -0.25) is 0 Å². The summed E-state index contributed by atoms with van der Waals surface area (Å²) >= 11 is 0. The molecular formula is C16H32BF4N2-. The lowest BCUT2D eigenvalue weighted by Gasteiger charge is -2.17. The van der Waals surface area contributed by atoms with Crippen LogP contribution in [0.25, 0.3) is 0 Å². The first kappa shape index (κ1) is 22.1. The lowest BCUT2D eigenvalue weighted by molar-refractivity contribution is 0.290. The van der Waals surface area contributed by atoms with Gasteiger partial charge in [0.05, 0.1) is 6.67 Å². The van der Waals surface area contributed by atoms with E-state index in [1.165, 1.54) is 70.8 Å². The van der Waals surface area contributed by atoms with Gasteiger partial charge in [0.25, 0.3) is 0 Å². The molecule has 1 aliphatic rings. The van der Waals surface area contributed by atoms with Gasteiger partial charge in [0, 0.05) is 26.0 Å². The predicted octanol–water partition coefficient (Wildman–Crippen LogP) is 5.88. The molecule has 0 N–H and O–H groups in total. The average molecular weight is 339 g/mol. The molecule has 0 unspecified atom stereocenters. The Morgan fingerprint density at radius 3 is 1.61 bits per heavy atom. The zero-order valence-electron chi connectivity index (χ0n) is 14.6. The zero-order valence-corrected chi connectivity index (χ0v) is 14.6. The molecular weight excluding hydrogens is 307 g/mol. The van der Waals surface area contributed by atoms with Crippen LogP contribution in [-0.4, -0.2) is 37.3 Å². The third-order valence-electron chi connectivity index (χ3n) is 3.74. The van der Waals surface area contributed by atoms with E-state index in [1.54, 1.807) is 0 Å². The zero-order chi connectivity index (χ0) is 17.6. The van der Waals surface area contributed by atoms with Crippen LogP contribution in [0.5, 0.6) is 0 Å². The summed E-state index contributed by atoms with van der Waals surface area (Å²) in [5, 5.41) is 0. The minimum Gasteiger partial charge on any atom is -0.418 e. The van der Waals surface area contributed by atoms with Crippen LogP contribution in [0.1, 0.15) is 71.1 Å². The molecule has 1 heterocycles.